The van der Waals surface area contributed by atoms with Gasteiger partial charge in [-0.3, -0.25) is 4.79 Å². The highest BCUT2D eigenvalue weighted by Crippen LogP contribution is 2.24. The number of rotatable bonds is 7. The molecule has 0 aromatic heterocycles. The van der Waals surface area contributed by atoms with Crippen LogP contribution in [0.2, 0.25) is 0 Å². The van der Waals surface area contributed by atoms with Gasteiger partial charge in [0.15, 0.2) is 5.78 Å². The second kappa shape index (κ2) is 8.15. The van der Waals surface area contributed by atoms with E-state index >= 15 is 0 Å². The SMILES string of the molecule is COc1ccc2cc(C(=O)C(Cc3ccccc3)CN(C)C)ccc2c1. The van der Waals surface area contributed by atoms with Crippen LogP contribution in [0.3, 0.4) is 0 Å². The van der Waals surface area contributed by atoms with Crippen LogP contribution < -0.4 is 4.74 Å². The highest BCUT2D eigenvalue weighted by molar-refractivity contribution is 6.01. The van der Waals surface area contributed by atoms with Crippen molar-refractivity contribution in [1.29, 1.82) is 0 Å². The Morgan fingerprint density at radius 1 is 0.962 bits per heavy atom. The first-order valence-corrected chi connectivity index (χ1v) is 8.87. The Balaban J connectivity index is 1.88. The zero-order chi connectivity index (χ0) is 18.5. The van der Waals surface area contributed by atoms with Crippen molar-refractivity contribution in [1.82, 2.24) is 4.90 Å². The lowest BCUT2D eigenvalue weighted by Gasteiger charge is -2.20. The maximum absolute atomic E-state index is 13.2. The molecule has 0 aliphatic carbocycles. The fourth-order valence-electron chi connectivity index (χ4n) is 3.32. The molecule has 26 heavy (non-hydrogen) atoms. The molecule has 3 nitrogen and oxygen atoms in total. The molecule has 0 saturated heterocycles. The van der Waals surface area contributed by atoms with Crippen LogP contribution in [0.25, 0.3) is 10.8 Å². The van der Waals surface area contributed by atoms with Crippen molar-refractivity contribution < 1.29 is 9.53 Å². The van der Waals surface area contributed by atoms with Gasteiger partial charge in [-0.2, -0.15) is 0 Å². The highest BCUT2D eigenvalue weighted by atomic mass is 16.5. The number of ketones is 1. The maximum atomic E-state index is 13.2. The molecule has 0 radical (unpaired) electrons. The maximum Gasteiger partial charge on any atom is 0.167 e. The number of carbonyl (C=O) groups excluding carboxylic acids is 1. The number of Topliss-reactive ketones (excluding diaryl/α,β-unsaturated/α-hetero) is 1. The van der Waals surface area contributed by atoms with Crippen LogP contribution in [0.5, 0.6) is 5.75 Å². The Bertz CT molecular complexity index is 887. The molecule has 0 N–H and O–H groups in total. The van der Waals surface area contributed by atoms with Crippen LogP contribution in [0.15, 0.2) is 66.7 Å². The smallest absolute Gasteiger partial charge is 0.167 e. The standard InChI is InChI=1S/C23H25NO2/c1-24(2)16-21(13-17-7-5-4-6-8-17)23(25)20-10-9-19-15-22(26-3)12-11-18(19)14-20/h4-12,14-15,21H,13,16H2,1-3H3. The van der Waals surface area contributed by atoms with Gasteiger partial charge in [-0.15, -0.1) is 0 Å². The summed E-state index contributed by atoms with van der Waals surface area (Å²) in [5.74, 6) is 0.953. The van der Waals surface area contributed by atoms with E-state index < -0.39 is 0 Å². The van der Waals surface area contributed by atoms with Gasteiger partial charge in [-0.25, -0.2) is 0 Å². The minimum absolute atomic E-state index is 0.0666. The third kappa shape index (κ3) is 4.30. The molecular formula is C23H25NO2. The zero-order valence-corrected chi connectivity index (χ0v) is 15.6. The largest absolute Gasteiger partial charge is 0.497 e. The average molecular weight is 347 g/mol. The van der Waals surface area contributed by atoms with E-state index in [1.165, 1.54) is 5.56 Å². The summed E-state index contributed by atoms with van der Waals surface area (Å²) in [7, 11) is 5.68. The number of carbonyl (C=O) groups is 1. The molecule has 3 heteroatoms. The number of ether oxygens (including phenoxy) is 1. The van der Waals surface area contributed by atoms with Gasteiger partial charge in [0.05, 0.1) is 7.11 Å². The van der Waals surface area contributed by atoms with Gasteiger partial charge in [-0.05, 0) is 55.1 Å². The minimum Gasteiger partial charge on any atom is -0.497 e. The Kier molecular flexibility index (Phi) is 5.69. The molecule has 3 aromatic rings. The normalized spacial score (nSPS) is 12.3. The quantitative estimate of drug-likeness (QED) is 0.591. The zero-order valence-electron chi connectivity index (χ0n) is 15.6. The topological polar surface area (TPSA) is 29.5 Å². The first kappa shape index (κ1) is 18.2. The summed E-state index contributed by atoms with van der Waals surface area (Å²) in [4.78, 5) is 15.3. The molecule has 1 atom stereocenters. The predicted molar refractivity (Wildman–Crippen MR) is 107 cm³/mol. The number of hydrogen-bond donors (Lipinski definition) is 0. The third-order valence-corrected chi connectivity index (χ3v) is 4.61. The summed E-state index contributed by atoms with van der Waals surface area (Å²) in [6.07, 6.45) is 0.749. The Hall–Kier alpha value is -2.65. The van der Waals surface area contributed by atoms with Crippen molar-refractivity contribution in [2.24, 2.45) is 5.92 Å². The van der Waals surface area contributed by atoms with Crippen molar-refractivity contribution in [2.45, 2.75) is 6.42 Å². The van der Waals surface area contributed by atoms with Gasteiger partial charge in [0.1, 0.15) is 5.75 Å². The van der Waals surface area contributed by atoms with Crippen LogP contribution in [0.1, 0.15) is 15.9 Å². The van der Waals surface area contributed by atoms with Crippen LogP contribution in [-0.2, 0) is 6.42 Å². The average Bonchev–Trinajstić information content (AvgIpc) is 2.66. The lowest BCUT2D eigenvalue weighted by molar-refractivity contribution is 0.0897. The Morgan fingerprint density at radius 3 is 2.35 bits per heavy atom. The summed E-state index contributed by atoms with van der Waals surface area (Å²) < 4.78 is 5.28. The molecule has 1 unspecified atom stereocenters. The molecule has 134 valence electrons. The van der Waals surface area contributed by atoms with Crippen molar-refractivity contribution >= 4 is 16.6 Å². The van der Waals surface area contributed by atoms with Crippen molar-refractivity contribution in [3.8, 4) is 5.75 Å². The second-order valence-corrected chi connectivity index (χ2v) is 6.94. The van der Waals surface area contributed by atoms with E-state index in [0.717, 1.165) is 35.1 Å². The molecule has 0 heterocycles. The van der Waals surface area contributed by atoms with Gasteiger partial charge in [0, 0.05) is 18.0 Å². The lowest BCUT2D eigenvalue weighted by Crippen LogP contribution is -2.29. The molecule has 0 aliphatic rings. The second-order valence-electron chi connectivity index (χ2n) is 6.94. The molecule has 0 spiro atoms. The predicted octanol–water partition coefficient (Wildman–Crippen LogP) is 4.45. The van der Waals surface area contributed by atoms with Crippen LogP contribution in [0.4, 0.5) is 0 Å². The van der Waals surface area contributed by atoms with E-state index in [-0.39, 0.29) is 11.7 Å². The van der Waals surface area contributed by atoms with Crippen LogP contribution in [0, 0.1) is 5.92 Å². The van der Waals surface area contributed by atoms with E-state index in [0.29, 0.717) is 0 Å². The number of nitrogens with zero attached hydrogens (tertiary/aromatic N) is 1. The molecule has 0 amide bonds. The number of methoxy groups -OCH3 is 1. The summed E-state index contributed by atoms with van der Waals surface area (Å²) in [5.41, 5.74) is 1.96. The van der Waals surface area contributed by atoms with Gasteiger partial charge in [0.25, 0.3) is 0 Å². The molecule has 0 fully saturated rings. The summed E-state index contributed by atoms with van der Waals surface area (Å²) >= 11 is 0. The van der Waals surface area contributed by atoms with Crippen molar-refractivity contribution in [2.75, 3.05) is 27.7 Å². The van der Waals surface area contributed by atoms with Crippen LogP contribution >= 0.6 is 0 Å². The first-order valence-electron chi connectivity index (χ1n) is 8.87. The third-order valence-electron chi connectivity index (χ3n) is 4.61. The van der Waals surface area contributed by atoms with Gasteiger partial charge in [0.2, 0.25) is 0 Å². The monoisotopic (exact) mass is 347 g/mol. The molecular weight excluding hydrogens is 322 g/mol. The van der Waals surface area contributed by atoms with Crippen molar-refractivity contribution in [3.63, 3.8) is 0 Å². The van der Waals surface area contributed by atoms with Crippen molar-refractivity contribution in [3.05, 3.63) is 77.9 Å². The number of fused-ring (bicyclic) bond motifs is 1. The van der Waals surface area contributed by atoms with E-state index in [2.05, 4.69) is 17.0 Å². The van der Waals surface area contributed by atoms with E-state index in [4.69, 9.17) is 4.74 Å². The summed E-state index contributed by atoms with van der Waals surface area (Å²) in [6.45, 7) is 0.731. The minimum atomic E-state index is -0.0666. The van der Waals surface area contributed by atoms with Gasteiger partial charge >= 0.3 is 0 Å². The molecule has 0 aliphatic heterocycles. The fraction of sp³-hybridized carbons (Fsp3) is 0.261. The van der Waals surface area contributed by atoms with E-state index in [1.54, 1.807) is 7.11 Å². The van der Waals surface area contributed by atoms with E-state index in [1.807, 2.05) is 68.7 Å². The summed E-state index contributed by atoms with van der Waals surface area (Å²) in [6, 6.07) is 22.1. The molecule has 3 rings (SSSR count). The molecule has 3 aromatic carbocycles. The van der Waals surface area contributed by atoms with Gasteiger partial charge in [-0.1, -0.05) is 48.5 Å². The van der Waals surface area contributed by atoms with Crippen LogP contribution in [-0.4, -0.2) is 38.4 Å². The summed E-state index contributed by atoms with van der Waals surface area (Å²) in [5, 5.41) is 2.13. The molecule has 0 saturated carbocycles. The number of hydrogen-bond acceptors (Lipinski definition) is 3. The first-order chi connectivity index (χ1) is 12.6. The highest BCUT2D eigenvalue weighted by Gasteiger charge is 2.21. The molecule has 0 bridgehead atoms. The Labute approximate surface area is 155 Å². The van der Waals surface area contributed by atoms with Gasteiger partial charge < -0.3 is 9.64 Å². The Morgan fingerprint density at radius 2 is 1.65 bits per heavy atom. The lowest BCUT2D eigenvalue weighted by atomic mass is 9.90. The number of benzene rings is 3. The fourth-order valence-corrected chi connectivity index (χ4v) is 3.32. The van der Waals surface area contributed by atoms with E-state index in [9.17, 15) is 4.79 Å².